The lowest BCUT2D eigenvalue weighted by Crippen LogP contribution is -2.01. The second kappa shape index (κ2) is 5.87. The van der Waals surface area contributed by atoms with E-state index in [-0.39, 0.29) is 5.82 Å². The molecule has 96 valence electrons. The topological polar surface area (TPSA) is 45.0 Å². The van der Waals surface area contributed by atoms with Gasteiger partial charge in [0.1, 0.15) is 11.6 Å². The number of benzene rings is 2. The Kier molecular flexibility index (Phi) is 3.99. The molecule has 0 bridgehead atoms. The minimum absolute atomic E-state index is 0.257. The Hall–Kier alpha value is -2.54. The highest BCUT2D eigenvalue weighted by molar-refractivity contribution is 5.60. The SMILES string of the molecule is COc1ccc(C#N)cc1NCc1ccc(F)cc1. The van der Waals surface area contributed by atoms with E-state index < -0.39 is 0 Å². The van der Waals surface area contributed by atoms with Crippen LogP contribution in [0.3, 0.4) is 0 Å². The predicted molar refractivity (Wildman–Crippen MR) is 71.4 cm³/mol. The molecule has 19 heavy (non-hydrogen) atoms. The van der Waals surface area contributed by atoms with Crippen LogP contribution in [-0.2, 0) is 6.54 Å². The summed E-state index contributed by atoms with van der Waals surface area (Å²) in [6.45, 7) is 0.533. The van der Waals surface area contributed by atoms with Gasteiger partial charge in [-0.25, -0.2) is 4.39 Å². The molecular formula is C15H13FN2O. The van der Waals surface area contributed by atoms with Gasteiger partial charge in [-0.3, -0.25) is 0 Å². The van der Waals surface area contributed by atoms with Gasteiger partial charge in [-0.05, 0) is 35.9 Å². The van der Waals surface area contributed by atoms with Crippen molar-refractivity contribution in [2.75, 3.05) is 12.4 Å². The normalized spacial score (nSPS) is 9.74. The zero-order valence-electron chi connectivity index (χ0n) is 10.5. The van der Waals surface area contributed by atoms with Crippen LogP contribution in [0.1, 0.15) is 11.1 Å². The number of rotatable bonds is 4. The number of ether oxygens (including phenoxy) is 1. The van der Waals surface area contributed by atoms with Gasteiger partial charge in [0.05, 0.1) is 24.4 Å². The van der Waals surface area contributed by atoms with Crippen molar-refractivity contribution in [3.8, 4) is 11.8 Å². The number of nitriles is 1. The zero-order valence-corrected chi connectivity index (χ0v) is 10.5. The van der Waals surface area contributed by atoms with E-state index in [1.807, 2.05) is 0 Å². The highest BCUT2D eigenvalue weighted by Crippen LogP contribution is 2.25. The van der Waals surface area contributed by atoms with Crippen LogP contribution in [-0.4, -0.2) is 7.11 Å². The molecule has 0 atom stereocenters. The summed E-state index contributed by atoms with van der Waals surface area (Å²) in [7, 11) is 1.57. The van der Waals surface area contributed by atoms with Crippen LogP contribution in [0.25, 0.3) is 0 Å². The molecule has 3 nitrogen and oxygen atoms in total. The first-order valence-electron chi connectivity index (χ1n) is 5.79. The standard InChI is InChI=1S/C15H13FN2O/c1-19-15-7-4-12(9-17)8-14(15)18-10-11-2-5-13(16)6-3-11/h2-8,18H,10H2,1H3. The van der Waals surface area contributed by atoms with Crippen LogP contribution in [0.15, 0.2) is 42.5 Å². The van der Waals surface area contributed by atoms with E-state index in [9.17, 15) is 4.39 Å². The molecule has 0 radical (unpaired) electrons. The van der Waals surface area contributed by atoms with Crippen molar-refractivity contribution < 1.29 is 9.13 Å². The van der Waals surface area contributed by atoms with Crippen molar-refractivity contribution in [2.45, 2.75) is 6.54 Å². The van der Waals surface area contributed by atoms with Crippen molar-refractivity contribution in [1.29, 1.82) is 5.26 Å². The largest absolute Gasteiger partial charge is 0.495 e. The van der Waals surface area contributed by atoms with Gasteiger partial charge in [0, 0.05) is 6.54 Å². The number of nitrogens with zero attached hydrogens (tertiary/aromatic N) is 1. The van der Waals surface area contributed by atoms with E-state index in [2.05, 4.69) is 11.4 Å². The Bertz CT molecular complexity index is 603. The third kappa shape index (κ3) is 3.23. The molecule has 0 aliphatic heterocycles. The Morgan fingerprint density at radius 2 is 1.95 bits per heavy atom. The van der Waals surface area contributed by atoms with E-state index in [4.69, 9.17) is 10.00 Å². The molecule has 0 amide bonds. The summed E-state index contributed by atoms with van der Waals surface area (Å²) in [5.41, 5.74) is 2.25. The molecule has 0 saturated carbocycles. The van der Waals surface area contributed by atoms with Crippen LogP contribution in [0.2, 0.25) is 0 Å². The second-order valence-corrected chi connectivity index (χ2v) is 4.01. The van der Waals surface area contributed by atoms with Crippen molar-refractivity contribution in [1.82, 2.24) is 0 Å². The smallest absolute Gasteiger partial charge is 0.142 e. The molecule has 0 heterocycles. The molecular weight excluding hydrogens is 243 g/mol. The molecule has 2 aromatic rings. The van der Waals surface area contributed by atoms with Crippen LogP contribution in [0.5, 0.6) is 5.75 Å². The third-order valence-corrected chi connectivity index (χ3v) is 2.72. The first kappa shape index (κ1) is 12.9. The van der Waals surface area contributed by atoms with Crippen LogP contribution >= 0.6 is 0 Å². The first-order chi connectivity index (χ1) is 9.22. The highest BCUT2D eigenvalue weighted by Gasteiger charge is 2.04. The summed E-state index contributed by atoms with van der Waals surface area (Å²) in [4.78, 5) is 0. The molecule has 2 rings (SSSR count). The molecule has 4 heteroatoms. The van der Waals surface area contributed by atoms with E-state index >= 15 is 0 Å². The van der Waals surface area contributed by atoms with Crippen LogP contribution < -0.4 is 10.1 Å². The fourth-order valence-corrected chi connectivity index (χ4v) is 1.72. The number of hydrogen-bond donors (Lipinski definition) is 1. The maximum atomic E-state index is 12.8. The third-order valence-electron chi connectivity index (χ3n) is 2.72. The number of methoxy groups -OCH3 is 1. The molecule has 0 spiro atoms. The zero-order chi connectivity index (χ0) is 13.7. The lowest BCUT2D eigenvalue weighted by Gasteiger charge is -2.11. The summed E-state index contributed by atoms with van der Waals surface area (Å²) >= 11 is 0. The quantitative estimate of drug-likeness (QED) is 0.912. The lowest BCUT2D eigenvalue weighted by molar-refractivity contribution is 0.416. The van der Waals surface area contributed by atoms with E-state index in [1.54, 1.807) is 37.4 Å². The van der Waals surface area contributed by atoms with Gasteiger partial charge in [-0.1, -0.05) is 12.1 Å². The Morgan fingerprint density at radius 3 is 2.58 bits per heavy atom. The van der Waals surface area contributed by atoms with Crippen molar-refractivity contribution >= 4 is 5.69 Å². The van der Waals surface area contributed by atoms with Crippen molar-refractivity contribution in [3.63, 3.8) is 0 Å². The first-order valence-corrected chi connectivity index (χ1v) is 5.79. The predicted octanol–water partition coefficient (Wildman–Crippen LogP) is 3.32. The van der Waals surface area contributed by atoms with Gasteiger partial charge < -0.3 is 10.1 Å². The van der Waals surface area contributed by atoms with Gasteiger partial charge in [0.2, 0.25) is 0 Å². The molecule has 0 fully saturated rings. The summed E-state index contributed by atoms with van der Waals surface area (Å²) in [6, 6.07) is 13.5. The maximum absolute atomic E-state index is 12.8. The van der Waals surface area contributed by atoms with Gasteiger partial charge in [-0.2, -0.15) is 5.26 Å². The maximum Gasteiger partial charge on any atom is 0.142 e. The second-order valence-electron chi connectivity index (χ2n) is 4.01. The molecule has 0 saturated heterocycles. The number of hydrogen-bond acceptors (Lipinski definition) is 3. The summed E-state index contributed by atoms with van der Waals surface area (Å²) in [5, 5.41) is 12.1. The Labute approximate surface area is 111 Å². The number of nitrogens with one attached hydrogen (secondary N) is 1. The average molecular weight is 256 g/mol. The van der Waals surface area contributed by atoms with Crippen LogP contribution in [0.4, 0.5) is 10.1 Å². The summed E-state index contributed by atoms with van der Waals surface area (Å²) in [6.07, 6.45) is 0. The lowest BCUT2D eigenvalue weighted by atomic mass is 10.2. The fraction of sp³-hybridized carbons (Fsp3) is 0.133. The fourth-order valence-electron chi connectivity index (χ4n) is 1.72. The molecule has 0 unspecified atom stereocenters. The summed E-state index contributed by atoms with van der Waals surface area (Å²) < 4.78 is 18.0. The summed E-state index contributed by atoms with van der Waals surface area (Å²) in [5.74, 6) is 0.411. The molecule has 2 aromatic carbocycles. The van der Waals surface area contributed by atoms with Crippen LogP contribution in [0, 0.1) is 17.1 Å². The molecule has 0 aromatic heterocycles. The Balaban J connectivity index is 2.14. The highest BCUT2D eigenvalue weighted by atomic mass is 19.1. The monoisotopic (exact) mass is 256 g/mol. The number of halogens is 1. The molecule has 0 aliphatic carbocycles. The van der Waals surface area contributed by atoms with Crippen molar-refractivity contribution in [2.24, 2.45) is 0 Å². The Morgan fingerprint density at radius 1 is 1.21 bits per heavy atom. The minimum Gasteiger partial charge on any atom is -0.495 e. The van der Waals surface area contributed by atoms with E-state index in [1.165, 1.54) is 12.1 Å². The van der Waals surface area contributed by atoms with E-state index in [0.29, 0.717) is 17.9 Å². The number of anilines is 1. The van der Waals surface area contributed by atoms with Gasteiger partial charge >= 0.3 is 0 Å². The van der Waals surface area contributed by atoms with Gasteiger partial charge in [0.15, 0.2) is 0 Å². The van der Waals surface area contributed by atoms with Gasteiger partial charge in [-0.15, -0.1) is 0 Å². The van der Waals surface area contributed by atoms with Gasteiger partial charge in [0.25, 0.3) is 0 Å². The minimum atomic E-state index is -0.257. The molecule has 0 aliphatic rings. The average Bonchev–Trinajstić information content (AvgIpc) is 2.46. The van der Waals surface area contributed by atoms with E-state index in [0.717, 1.165) is 11.3 Å². The van der Waals surface area contributed by atoms with Crippen molar-refractivity contribution in [3.05, 3.63) is 59.4 Å². The molecule has 1 N–H and O–H groups in total.